The maximum atomic E-state index is 12.4. The van der Waals surface area contributed by atoms with Crippen molar-refractivity contribution < 1.29 is 13.2 Å². The number of aromatic nitrogens is 2. The highest BCUT2D eigenvalue weighted by Gasteiger charge is 2.25. The van der Waals surface area contributed by atoms with Gasteiger partial charge in [0.1, 0.15) is 5.65 Å². The lowest BCUT2D eigenvalue weighted by Gasteiger charge is -2.14. The van der Waals surface area contributed by atoms with E-state index < -0.39 is 10.0 Å². The molecule has 8 heteroatoms. The number of rotatable bonds is 6. The number of anilines is 1. The van der Waals surface area contributed by atoms with Crippen LogP contribution in [0.15, 0.2) is 29.4 Å². The molecular weight excluding hydrogens is 280 g/mol. The van der Waals surface area contributed by atoms with Crippen molar-refractivity contribution in [1.29, 1.82) is 0 Å². The molecule has 0 aromatic carbocycles. The summed E-state index contributed by atoms with van der Waals surface area (Å²) >= 11 is 0. The predicted octanol–water partition coefficient (Wildman–Crippen LogP) is 0.620. The molecule has 0 fully saturated rings. The van der Waals surface area contributed by atoms with Crippen LogP contribution in [0, 0.1) is 0 Å². The molecule has 0 spiro atoms. The van der Waals surface area contributed by atoms with Crippen molar-refractivity contribution in [3.8, 4) is 0 Å². The van der Waals surface area contributed by atoms with Gasteiger partial charge in [0.05, 0.1) is 6.61 Å². The molecule has 0 aliphatic rings. The van der Waals surface area contributed by atoms with Crippen LogP contribution in [0.4, 0.5) is 5.82 Å². The Labute approximate surface area is 117 Å². The number of nitrogens with zero attached hydrogens (tertiary/aromatic N) is 2. The Morgan fingerprint density at radius 3 is 2.95 bits per heavy atom. The van der Waals surface area contributed by atoms with Gasteiger partial charge in [0.15, 0.2) is 10.8 Å². The molecule has 0 saturated carbocycles. The van der Waals surface area contributed by atoms with Crippen molar-refractivity contribution in [1.82, 2.24) is 14.1 Å². The summed E-state index contributed by atoms with van der Waals surface area (Å²) in [6.45, 7) is 4.41. The van der Waals surface area contributed by atoms with Crippen LogP contribution in [0.2, 0.25) is 0 Å². The number of ether oxygens (including phenoxy) is 1. The van der Waals surface area contributed by atoms with Crippen LogP contribution >= 0.6 is 0 Å². The summed E-state index contributed by atoms with van der Waals surface area (Å²) in [6.07, 6.45) is 1.61. The third-order valence-corrected chi connectivity index (χ3v) is 4.32. The number of pyridine rings is 1. The molecule has 20 heavy (non-hydrogen) atoms. The van der Waals surface area contributed by atoms with E-state index in [0.717, 1.165) is 0 Å². The first-order chi connectivity index (χ1) is 9.45. The summed E-state index contributed by atoms with van der Waals surface area (Å²) in [7, 11) is -3.76. The molecule has 0 radical (unpaired) electrons. The van der Waals surface area contributed by atoms with Gasteiger partial charge in [-0.2, -0.15) is 0 Å². The van der Waals surface area contributed by atoms with E-state index in [1.54, 1.807) is 31.3 Å². The normalized spacial score (nSPS) is 13.7. The maximum Gasteiger partial charge on any atom is 0.260 e. The fourth-order valence-corrected chi connectivity index (χ4v) is 3.35. The number of hydrogen-bond acceptors (Lipinski definition) is 5. The van der Waals surface area contributed by atoms with Gasteiger partial charge in [-0.1, -0.05) is 6.07 Å². The monoisotopic (exact) mass is 298 g/mol. The Kier molecular flexibility index (Phi) is 4.26. The highest BCUT2D eigenvalue weighted by atomic mass is 32.2. The van der Waals surface area contributed by atoms with Gasteiger partial charge in [0.2, 0.25) is 0 Å². The molecule has 0 aliphatic heterocycles. The molecule has 0 saturated heterocycles. The SMILES string of the molecule is CCOCC(C)NS(=O)(=O)c1c(N)nc2ccccn12. The van der Waals surface area contributed by atoms with Gasteiger partial charge < -0.3 is 10.5 Å². The number of fused-ring (bicyclic) bond motifs is 1. The minimum Gasteiger partial charge on any atom is -0.381 e. The van der Waals surface area contributed by atoms with Crippen molar-refractivity contribution in [2.24, 2.45) is 0 Å². The van der Waals surface area contributed by atoms with E-state index in [2.05, 4.69) is 9.71 Å². The number of nitrogens with two attached hydrogens (primary N) is 1. The van der Waals surface area contributed by atoms with Crippen molar-refractivity contribution in [2.45, 2.75) is 24.9 Å². The summed E-state index contributed by atoms with van der Waals surface area (Å²) in [5, 5.41) is -0.0450. The second kappa shape index (κ2) is 5.78. The van der Waals surface area contributed by atoms with E-state index in [0.29, 0.717) is 18.9 Å². The Morgan fingerprint density at radius 2 is 2.25 bits per heavy atom. The molecular formula is C12H18N4O3S. The molecule has 7 nitrogen and oxygen atoms in total. The van der Waals surface area contributed by atoms with Gasteiger partial charge in [0.25, 0.3) is 10.0 Å². The van der Waals surface area contributed by atoms with Gasteiger partial charge >= 0.3 is 0 Å². The summed E-state index contributed by atoms with van der Waals surface area (Å²) < 4.78 is 34.0. The third kappa shape index (κ3) is 2.92. The fraction of sp³-hybridized carbons (Fsp3) is 0.417. The number of nitrogens with one attached hydrogen (secondary N) is 1. The van der Waals surface area contributed by atoms with Crippen molar-refractivity contribution in [3.63, 3.8) is 0 Å². The van der Waals surface area contributed by atoms with E-state index >= 15 is 0 Å². The standard InChI is InChI=1S/C12H18N4O3S/c1-3-19-8-9(2)15-20(17,18)12-11(13)14-10-6-4-5-7-16(10)12/h4-7,9,15H,3,8,13H2,1-2H3. The summed E-state index contributed by atoms with van der Waals surface area (Å²) in [5.74, 6) is -0.0210. The van der Waals surface area contributed by atoms with Gasteiger partial charge in [0, 0.05) is 18.8 Å². The number of imidazole rings is 1. The third-order valence-electron chi connectivity index (χ3n) is 2.69. The van der Waals surface area contributed by atoms with Crippen LogP contribution in [0.3, 0.4) is 0 Å². The first-order valence-electron chi connectivity index (χ1n) is 6.28. The number of sulfonamides is 1. The zero-order valence-electron chi connectivity index (χ0n) is 11.4. The second-order valence-electron chi connectivity index (χ2n) is 4.41. The van der Waals surface area contributed by atoms with E-state index in [-0.39, 0.29) is 16.9 Å². The first-order valence-corrected chi connectivity index (χ1v) is 7.76. The van der Waals surface area contributed by atoms with Crippen LogP contribution in [0.5, 0.6) is 0 Å². The van der Waals surface area contributed by atoms with E-state index in [1.165, 1.54) is 4.40 Å². The maximum absolute atomic E-state index is 12.4. The van der Waals surface area contributed by atoms with Crippen LogP contribution in [-0.2, 0) is 14.8 Å². The average molecular weight is 298 g/mol. The lowest BCUT2D eigenvalue weighted by atomic mass is 10.4. The molecule has 0 bridgehead atoms. The molecule has 0 amide bonds. The zero-order valence-corrected chi connectivity index (χ0v) is 12.2. The van der Waals surface area contributed by atoms with E-state index in [1.807, 2.05) is 6.92 Å². The zero-order chi connectivity index (χ0) is 14.8. The van der Waals surface area contributed by atoms with Crippen molar-refractivity contribution in [2.75, 3.05) is 18.9 Å². The van der Waals surface area contributed by atoms with Gasteiger partial charge in [-0.15, -0.1) is 0 Å². The van der Waals surface area contributed by atoms with Gasteiger partial charge in [-0.3, -0.25) is 4.40 Å². The van der Waals surface area contributed by atoms with Crippen molar-refractivity contribution in [3.05, 3.63) is 24.4 Å². The molecule has 0 aliphatic carbocycles. The Hall–Kier alpha value is -1.64. The molecule has 2 heterocycles. The van der Waals surface area contributed by atoms with Gasteiger partial charge in [-0.05, 0) is 26.0 Å². The van der Waals surface area contributed by atoms with E-state index in [9.17, 15) is 8.42 Å². The minimum absolute atomic E-state index is 0.0210. The number of hydrogen-bond donors (Lipinski definition) is 2. The summed E-state index contributed by atoms with van der Waals surface area (Å²) in [6, 6.07) is 4.83. The molecule has 110 valence electrons. The van der Waals surface area contributed by atoms with Crippen LogP contribution < -0.4 is 10.5 Å². The second-order valence-corrected chi connectivity index (χ2v) is 6.04. The van der Waals surface area contributed by atoms with Crippen LogP contribution in [0.1, 0.15) is 13.8 Å². The quantitative estimate of drug-likeness (QED) is 0.814. The van der Waals surface area contributed by atoms with E-state index in [4.69, 9.17) is 10.5 Å². The topological polar surface area (TPSA) is 98.7 Å². The lowest BCUT2D eigenvalue weighted by molar-refractivity contribution is 0.133. The van der Waals surface area contributed by atoms with Crippen LogP contribution in [0.25, 0.3) is 5.65 Å². The predicted molar refractivity (Wildman–Crippen MR) is 75.9 cm³/mol. The molecule has 1 atom stereocenters. The fourth-order valence-electron chi connectivity index (χ4n) is 1.91. The molecule has 2 aromatic rings. The molecule has 2 aromatic heterocycles. The molecule has 2 rings (SSSR count). The summed E-state index contributed by atoms with van der Waals surface area (Å²) in [5.41, 5.74) is 6.22. The molecule has 1 unspecified atom stereocenters. The average Bonchev–Trinajstić information content (AvgIpc) is 2.72. The van der Waals surface area contributed by atoms with Crippen molar-refractivity contribution >= 4 is 21.5 Å². The largest absolute Gasteiger partial charge is 0.381 e. The minimum atomic E-state index is -3.76. The highest BCUT2D eigenvalue weighted by Crippen LogP contribution is 2.19. The van der Waals surface area contributed by atoms with Crippen LogP contribution in [-0.4, -0.2) is 37.1 Å². The van der Waals surface area contributed by atoms with Gasteiger partial charge in [-0.25, -0.2) is 18.1 Å². The Morgan fingerprint density at radius 1 is 1.50 bits per heavy atom. The molecule has 3 N–H and O–H groups in total. The summed E-state index contributed by atoms with van der Waals surface area (Å²) in [4.78, 5) is 4.04. The first kappa shape index (κ1) is 14.8. The Bertz CT molecular complexity index is 696. The lowest BCUT2D eigenvalue weighted by Crippen LogP contribution is -2.36. The number of nitrogen functional groups attached to an aromatic ring is 1. The smallest absolute Gasteiger partial charge is 0.260 e. The Balaban J connectivity index is 2.34. The highest BCUT2D eigenvalue weighted by molar-refractivity contribution is 7.89.